The molecule has 0 bridgehead atoms. The van der Waals surface area contributed by atoms with E-state index >= 15 is 0 Å². The third kappa shape index (κ3) is 2.90. The lowest BCUT2D eigenvalue weighted by atomic mass is 10.2. The van der Waals surface area contributed by atoms with Crippen LogP contribution in [0.5, 0.6) is 0 Å². The summed E-state index contributed by atoms with van der Waals surface area (Å²) in [4.78, 5) is 5.54. The highest BCUT2D eigenvalue weighted by atomic mass is 32.2. The minimum Gasteiger partial charge on any atom is -0.363 e. The molecule has 114 valence electrons. The van der Waals surface area contributed by atoms with Gasteiger partial charge in [0.15, 0.2) is 0 Å². The second kappa shape index (κ2) is 6.26. The van der Waals surface area contributed by atoms with E-state index in [-0.39, 0.29) is 0 Å². The van der Waals surface area contributed by atoms with Gasteiger partial charge in [-0.15, -0.1) is 0 Å². The van der Waals surface area contributed by atoms with Gasteiger partial charge in [0.1, 0.15) is 0 Å². The summed E-state index contributed by atoms with van der Waals surface area (Å²) in [7, 11) is -3.39. The molecule has 0 spiro atoms. The van der Waals surface area contributed by atoms with Crippen molar-refractivity contribution in [1.29, 1.82) is 0 Å². The van der Waals surface area contributed by atoms with Crippen molar-refractivity contribution >= 4 is 10.0 Å². The highest BCUT2D eigenvalue weighted by molar-refractivity contribution is 7.89. The van der Waals surface area contributed by atoms with E-state index in [1.54, 1.807) is 10.4 Å². The number of H-pyrrole nitrogens is 1. The third-order valence-electron chi connectivity index (χ3n) is 4.03. The molecule has 1 aromatic heterocycles. The maximum atomic E-state index is 12.6. The third-order valence-corrected chi connectivity index (χ3v) is 5.87. The number of hydrogen-bond acceptors (Lipinski definition) is 4. The number of sulfonamides is 1. The van der Waals surface area contributed by atoms with Gasteiger partial charge < -0.3 is 10.7 Å². The van der Waals surface area contributed by atoms with E-state index in [2.05, 4.69) is 23.7 Å². The van der Waals surface area contributed by atoms with Gasteiger partial charge in [-0.05, 0) is 25.6 Å². The molecule has 0 saturated carbocycles. The minimum atomic E-state index is -3.39. The Balaban J connectivity index is 2.12. The predicted molar refractivity (Wildman–Crippen MR) is 78.8 cm³/mol. The summed E-state index contributed by atoms with van der Waals surface area (Å²) in [5.74, 6) is 0. The number of aromatic nitrogens is 1. The summed E-state index contributed by atoms with van der Waals surface area (Å²) in [6, 6.07) is 1.95. The van der Waals surface area contributed by atoms with Gasteiger partial charge in [0.2, 0.25) is 10.0 Å². The molecule has 1 atom stereocenters. The normalized spacial score (nSPS) is 20.9. The number of nitrogens with two attached hydrogens (primary N) is 1. The number of hydrogen-bond donors (Lipinski definition) is 2. The van der Waals surface area contributed by atoms with Crippen molar-refractivity contribution < 1.29 is 8.42 Å². The predicted octanol–water partition coefficient (Wildman–Crippen LogP) is 0.578. The van der Waals surface area contributed by atoms with Gasteiger partial charge in [-0.1, -0.05) is 13.8 Å². The van der Waals surface area contributed by atoms with Gasteiger partial charge in [-0.25, -0.2) is 8.42 Å². The molecule has 20 heavy (non-hydrogen) atoms. The second-order valence-electron chi connectivity index (χ2n) is 5.09. The van der Waals surface area contributed by atoms with Crippen LogP contribution in [0.15, 0.2) is 17.2 Å². The molecule has 1 aliphatic heterocycles. The van der Waals surface area contributed by atoms with E-state index in [9.17, 15) is 8.42 Å². The van der Waals surface area contributed by atoms with Crippen molar-refractivity contribution in [3.63, 3.8) is 0 Å². The van der Waals surface area contributed by atoms with E-state index in [0.29, 0.717) is 30.6 Å². The van der Waals surface area contributed by atoms with Crippen LogP contribution in [0.25, 0.3) is 0 Å². The zero-order valence-electron chi connectivity index (χ0n) is 12.2. The monoisotopic (exact) mass is 300 g/mol. The quantitative estimate of drug-likeness (QED) is 0.805. The first-order valence-electron chi connectivity index (χ1n) is 7.14. The molecule has 0 radical (unpaired) electrons. The maximum absolute atomic E-state index is 12.6. The molecule has 6 nitrogen and oxygen atoms in total. The SMILES string of the molecule is CCN(CC)C1CCN(S(=O)(=O)c2c[nH]c(CN)c2)C1. The first-order valence-corrected chi connectivity index (χ1v) is 8.58. The molecule has 1 fully saturated rings. The first-order chi connectivity index (χ1) is 9.52. The van der Waals surface area contributed by atoms with E-state index < -0.39 is 10.0 Å². The van der Waals surface area contributed by atoms with Gasteiger partial charge in [-0.2, -0.15) is 4.31 Å². The standard InChI is InChI=1S/C13H24N4O2S/c1-3-16(4-2)12-5-6-17(10-12)20(18,19)13-7-11(8-14)15-9-13/h7,9,12,15H,3-6,8,10,14H2,1-2H3. The Morgan fingerprint density at radius 1 is 1.45 bits per heavy atom. The van der Waals surface area contributed by atoms with Crippen LogP contribution in [0.3, 0.4) is 0 Å². The molecule has 0 amide bonds. The first kappa shape index (κ1) is 15.5. The van der Waals surface area contributed by atoms with E-state index in [4.69, 9.17) is 5.73 Å². The molecule has 1 aliphatic rings. The molecular formula is C13H24N4O2S. The Kier molecular flexibility index (Phi) is 4.85. The summed E-state index contributed by atoms with van der Waals surface area (Å²) in [5, 5.41) is 0. The summed E-state index contributed by atoms with van der Waals surface area (Å²) >= 11 is 0. The average molecular weight is 300 g/mol. The summed E-state index contributed by atoms with van der Waals surface area (Å²) in [6.07, 6.45) is 2.43. The van der Waals surface area contributed by atoms with Crippen molar-refractivity contribution in [1.82, 2.24) is 14.2 Å². The zero-order chi connectivity index (χ0) is 14.8. The summed E-state index contributed by atoms with van der Waals surface area (Å²) < 4.78 is 26.7. The molecule has 3 N–H and O–H groups in total. The lowest BCUT2D eigenvalue weighted by molar-refractivity contribution is 0.224. The Bertz CT molecular complexity index is 536. The number of likely N-dealkylation sites (N-methyl/N-ethyl adjacent to an activating group) is 1. The second-order valence-corrected chi connectivity index (χ2v) is 7.03. The molecule has 1 unspecified atom stereocenters. The van der Waals surface area contributed by atoms with Gasteiger partial charge in [-0.3, -0.25) is 4.90 Å². The van der Waals surface area contributed by atoms with E-state index in [1.807, 2.05) is 0 Å². The van der Waals surface area contributed by atoms with Crippen molar-refractivity contribution in [2.45, 2.75) is 37.8 Å². The topological polar surface area (TPSA) is 82.4 Å². The van der Waals surface area contributed by atoms with Crippen LogP contribution in [0.4, 0.5) is 0 Å². The van der Waals surface area contributed by atoms with Crippen LogP contribution in [0, 0.1) is 0 Å². The van der Waals surface area contributed by atoms with Crippen LogP contribution in [0.1, 0.15) is 26.0 Å². The Morgan fingerprint density at radius 2 is 2.15 bits per heavy atom. The van der Waals surface area contributed by atoms with Crippen LogP contribution in [-0.2, 0) is 16.6 Å². The van der Waals surface area contributed by atoms with E-state index in [1.165, 1.54) is 6.20 Å². The zero-order valence-corrected chi connectivity index (χ0v) is 13.0. The van der Waals surface area contributed by atoms with Gasteiger partial charge >= 0.3 is 0 Å². The van der Waals surface area contributed by atoms with Crippen molar-refractivity contribution in [3.05, 3.63) is 18.0 Å². The highest BCUT2D eigenvalue weighted by Crippen LogP contribution is 2.24. The Labute approximate surface area is 121 Å². The molecule has 2 heterocycles. The number of aromatic amines is 1. The van der Waals surface area contributed by atoms with Crippen LogP contribution in [0.2, 0.25) is 0 Å². The van der Waals surface area contributed by atoms with Gasteiger partial charge in [0, 0.05) is 37.6 Å². The fourth-order valence-corrected chi connectivity index (χ4v) is 4.31. The summed E-state index contributed by atoms with van der Waals surface area (Å²) in [6.45, 7) is 7.62. The Morgan fingerprint density at radius 3 is 2.70 bits per heavy atom. The molecule has 1 saturated heterocycles. The number of rotatable bonds is 6. The highest BCUT2D eigenvalue weighted by Gasteiger charge is 2.34. The molecule has 0 aromatic carbocycles. The van der Waals surface area contributed by atoms with E-state index in [0.717, 1.165) is 25.2 Å². The number of nitrogens with zero attached hydrogens (tertiary/aromatic N) is 2. The fraction of sp³-hybridized carbons (Fsp3) is 0.692. The van der Waals surface area contributed by atoms with Crippen LogP contribution in [-0.4, -0.2) is 54.8 Å². The lowest BCUT2D eigenvalue weighted by Crippen LogP contribution is -2.38. The van der Waals surface area contributed by atoms with Crippen LogP contribution >= 0.6 is 0 Å². The van der Waals surface area contributed by atoms with Crippen LogP contribution < -0.4 is 5.73 Å². The molecule has 2 rings (SSSR count). The number of nitrogens with one attached hydrogen (secondary N) is 1. The largest absolute Gasteiger partial charge is 0.363 e. The fourth-order valence-electron chi connectivity index (χ4n) is 2.80. The lowest BCUT2D eigenvalue weighted by Gasteiger charge is -2.25. The van der Waals surface area contributed by atoms with Gasteiger partial charge in [0.05, 0.1) is 4.90 Å². The van der Waals surface area contributed by atoms with Crippen molar-refractivity contribution in [2.75, 3.05) is 26.2 Å². The average Bonchev–Trinajstić information content (AvgIpc) is 3.09. The van der Waals surface area contributed by atoms with Crippen molar-refractivity contribution in [2.24, 2.45) is 5.73 Å². The molecule has 7 heteroatoms. The maximum Gasteiger partial charge on any atom is 0.244 e. The van der Waals surface area contributed by atoms with Gasteiger partial charge in [0.25, 0.3) is 0 Å². The minimum absolute atomic E-state index is 0.317. The molecular weight excluding hydrogens is 276 g/mol. The molecule has 1 aromatic rings. The van der Waals surface area contributed by atoms with Crippen molar-refractivity contribution in [3.8, 4) is 0 Å². The summed E-state index contributed by atoms with van der Waals surface area (Å²) in [5.41, 5.74) is 6.25. The molecule has 0 aliphatic carbocycles. The smallest absolute Gasteiger partial charge is 0.244 e. The Hall–Kier alpha value is -0.890.